The van der Waals surface area contributed by atoms with Gasteiger partial charge in [-0.3, -0.25) is 4.57 Å². The van der Waals surface area contributed by atoms with E-state index in [1.54, 1.807) is 18.6 Å². The summed E-state index contributed by atoms with van der Waals surface area (Å²) in [6.07, 6.45) is 7.45. The van der Waals surface area contributed by atoms with Crippen LogP contribution in [0.15, 0.2) is 35.2 Å². The van der Waals surface area contributed by atoms with E-state index in [4.69, 9.17) is 9.72 Å². The van der Waals surface area contributed by atoms with Gasteiger partial charge in [-0.25, -0.2) is 19.9 Å². The molecule has 1 saturated heterocycles. The number of hydrogen-bond acceptors (Lipinski definition) is 6. The first-order valence-electron chi connectivity index (χ1n) is 8.33. The molecular formula is C17H19BrN6O. The van der Waals surface area contributed by atoms with Crippen molar-refractivity contribution in [1.82, 2.24) is 24.5 Å². The molecule has 4 heterocycles. The van der Waals surface area contributed by atoms with Gasteiger partial charge >= 0.3 is 6.01 Å². The SMILES string of the molecule is Cn1c(N2CCCC(COc3ncc(Br)cn3)C2)nc2cccnc21. The summed E-state index contributed by atoms with van der Waals surface area (Å²) in [6.45, 7) is 2.52. The van der Waals surface area contributed by atoms with Crippen LogP contribution in [0.1, 0.15) is 12.8 Å². The summed E-state index contributed by atoms with van der Waals surface area (Å²) in [5.74, 6) is 1.40. The molecule has 0 spiro atoms. The van der Waals surface area contributed by atoms with E-state index in [1.807, 2.05) is 19.2 Å². The largest absolute Gasteiger partial charge is 0.463 e. The molecule has 4 rings (SSSR count). The predicted molar refractivity (Wildman–Crippen MR) is 98.7 cm³/mol. The number of hydrogen-bond donors (Lipinski definition) is 0. The van der Waals surface area contributed by atoms with Crippen LogP contribution in [0.2, 0.25) is 0 Å². The van der Waals surface area contributed by atoms with Crippen LogP contribution in [0.5, 0.6) is 6.01 Å². The fourth-order valence-electron chi connectivity index (χ4n) is 3.24. The van der Waals surface area contributed by atoms with Crippen molar-refractivity contribution in [3.8, 4) is 6.01 Å². The molecule has 8 heteroatoms. The molecule has 1 fully saturated rings. The molecule has 3 aromatic heterocycles. The van der Waals surface area contributed by atoms with Crippen LogP contribution in [0.4, 0.5) is 5.95 Å². The lowest BCUT2D eigenvalue weighted by atomic mass is 9.99. The Morgan fingerprint density at radius 1 is 1.28 bits per heavy atom. The number of imidazole rings is 1. The normalized spacial score (nSPS) is 17.8. The molecule has 0 N–H and O–H groups in total. The summed E-state index contributed by atoms with van der Waals surface area (Å²) in [7, 11) is 2.02. The summed E-state index contributed by atoms with van der Waals surface area (Å²) in [6, 6.07) is 4.35. The number of anilines is 1. The number of halogens is 1. The zero-order chi connectivity index (χ0) is 17.2. The molecule has 130 valence electrons. The van der Waals surface area contributed by atoms with Crippen molar-refractivity contribution >= 4 is 33.0 Å². The zero-order valence-electron chi connectivity index (χ0n) is 14.0. The fourth-order valence-corrected chi connectivity index (χ4v) is 3.45. The number of fused-ring (bicyclic) bond motifs is 1. The van der Waals surface area contributed by atoms with E-state index in [1.165, 1.54) is 0 Å². The van der Waals surface area contributed by atoms with E-state index in [9.17, 15) is 0 Å². The second-order valence-electron chi connectivity index (χ2n) is 6.27. The summed E-state index contributed by atoms with van der Waals surface area (Å²) < 4.78 is 8.68. The van der Waals surface area contributed by atoms with Crippen molar-refractivity contribution < 1.29 is 4.74 Å². The molecule has 1 aliphatic rings. The van der Waals surface area contributed by atoms with Crippen molar-refractivity contribution in [3.05, 3.63) is 35.2 Å². The Kier molecular flexibility index (Phi) is 4.52. The third-order valence-electron chi connectivity index (χ3n) is 4.45. The second kappa shape index (κ2) is 6.95. The molecule has 0 aromatic carbocycles. The Labute approximate surface area is 154 Å². The zero-order valence-corrected chi connectivity index (χ0v) is 15.6. The first-order chi connectivity index (χ1) is 12.2. The second-order valence-corrected chi connectivity index (χ2v) is 7.18. The van der Waals surface area contributed by atoms with Crippen molar-refractivity contribution in [2.75, 3.05) is 24.6 Å². The van der Waals surface area contributed by atoms with Gasteiger partial charge in [0.05, 0.1) is 11.1 Å². The maximum absolute atomic E-state index is 5.76. The molecule has 0 amide bonds. The predicted octanol–water partition coefficient (Wildman–Crippen LogP) is 2.82. The van der Waals surface area contributed by atoms with Gasteiger partial charge in [0.25, 0.3) is 0 Å². The highest BCUT2D eigenvalue weighted by atomic mass is 79.9. The summed E-state index contributed by atoms with van der Waals surface area (Å²) in [5.41, 5.74) is 1.85. The van der Waals surface area contributed by atoms with Crippen LogP contribution in [0, 0.1) is 5.92 Å². The van der Waals surface area contributed by atoms with Crippen molar-refractivity contribution in [1.29, 1.82) is 0 Å². The van der Waals surface area contributed by atoms with Gasteiger partial charge in [-0.1, -0.05) is 0 Å². The van der Waals surface area contributed by atoms with Gasteiger partial charge in [0, 0.05) is 44.6 Å². The number of rotatable bonds is 4. The molecule has 7 nitrogen and oxygen atoms in total. The minimum absolute atomic E-state index is 0.423. The lowest BCUT2D eigenvalue weighted by Crippen LogP contribution is -2.39. The van der Waals surface area contributed by atoms with Crippen LogP contribution in [-0.4, -0.2) is 44.2 Å². The number of nitrogens with zero attached hydrogens (tertiary/aromatic N) is 6. The van der Waals surface area contributed by atoms with Crippen LogP contribution in [-0.2, 0) is 7.05 Å². The molecule has 0 bridgehead atoms. The minimum atomic E-state index is 0.423. The summed E-state index contributed by atoms with van der Waals surface area (Å²) in [4.78, 5) is 19.8. The Morgan fingerprint density at radius 2 is 2.12 bits per heavy atom. The maximum atomic E-state index is 5.76. The number of pyridine rings is 1. The summed E-state index contributed by atoms with van der Waals surface area (Å²) in [5, 5.41) is 0. The standard InChI is InChI=1S/C17H19BrN6O/c1-23-15-14(5-2-6-19-15)22-17(23)24-7-3-4-12(10-24)11-25-16-20-8-13(18)9-21-16/h2,5-6,8-9,12H,3-4,7,10-11H2,1H3. The molecule has 3 aromatic rings. The lowest BCUT2D eigenvalue weighted by Gasteiger charge is -2.33. The van der Waals surface area contributed by atoms with Crippen LogP contribution in [0.25, 0.3) is 11.2 Å². The van der Waals surface area contributed by atoms with Crippen LogP contribution >= 0.6 is 15.9 Å². The van der Waals surface area contributed by atoms with Crippen LogP contribution < -0.4 is 9.64 Å². The van der Waals surface area contributed by atoms with Gasteiger partial charge in [0.2, 0.25) is 5.95 Å². The highest BCUT2D eigenvalue weighted by Crippen LogP contribution is 2.25. The Balaban J connectivity index is 1.45. The average molecular weight is 403 g/mol. The number of ether oxygens (including phenoxy) is 1. The highest BCUT2D eigenvalue weighted by Gasteiger charge is 2.24. The van der Waals surface area contributed by atoms with Gasteiger partial charge in [0.15, 0.2) is 5.65 Å². The Morgan fingerprint density at radius 3 is 2.92 bits per heavy atom. The molecule has 1 atom stereocenters. The fraction of sp³-hybridized carbons (Fsp3) is 0.412. The average Bonchev–Trinajstić information content (AvgIpc) is 2.99. The van der Waals surface area contributed by atoms with Crippen molar-refractivity contribution in [2.24, 2.45) is 13.0 Å². The number of aromatic nitrogens is 5. The van der Waals surface area contributed by atoms with E-state index in [-0.39, 0.29) is 0 Å². The smallest absolute Gasteiger partial charge is 0.316 e. The van der Waals surface area contributed by atoms with Crippen molar-refractivity contribution in [2.45, 2.75) is 12.8 Å². The third-order valence-corrected chi connectivity index (χ3v) is 4.86. The molecule has 0 aliphatic carbocycles. The highest BCUT2D eigenvalue weighted by molar-refractivity contribution is 9.10. The minimum Gasteiger partial charge on any atom is -0.463 e. The first kappa shape index (κ1) is 16.3. The quantitative estimate of drug-likeness (QED) is 0.668. The van der Waals surface area contributed by atoms with Gasteiger partial charge < -0.3 is 9.64 Å². The van der Waals surface area contributed by atoms with Gasteiger partial charge in [-0.15, -0.1) is 0 Å². The van der Waals surface area contributed by atoms with E-state index in [0.29, 0.717) is 18.5 Å². The molecule has 1 aliphatic heterocycles. The van der Waals surface area contributed by atoms with E-state index >= 15 is 0 Å². The Hall–Kier alpha value is -2.22. The monoisotopic (exact) mass is 402 g/mol. The summed E-state index contributed by atoms with van der Waals surface area (Å²) >= 11 is 3.33. The van der Waals surface area contributed by atoms with Crippen LogP contribution in [0.3, 0.4) is 0 Å². The number of piperidine rings is 1. The molecule has 1 unspecified atom stereocenters. The molecule has 25 heavy (non-hydrogen) atoms. The molecule has 0 saturated carbocycles. The lowest BCUT2D eigenvalue weighted by molar-refractivity contribution is 0.213. The van der Waals surface area contributed by atoms with E-state index in [2.05, 4.69) is 40.3 Å². The van der Waals surface area contributed by atoms with Gasteiger partial charge in [0.1, 0.15) is 5.52 Å². The first-order valence-corrected chi connectivity index (χ1v) is 9.13. The van der Waals surface area contributed by atoms with Crippen molar-refractivity contribution in [3.63, 3.8) is 0 Å². The Bertz CT molecular complexity index is 865. The topological polar surface area (TPSA) is 69.0 Å². The maximum Gasteiger partial charge on any atom is 0.316 e. The third kappa shape index (κ3) is 3.44. The van der Waals surface area contributed by atoms with Gasteiger partial charge in [-0.2, -0.15) is 0 Å². The van der Waals surface area contributed by atoms with Gasteiger partial charge in [-0.05, 0) is 40.9 Å². The van der Waals surface area contributed by atoms with E-state index < -0.39 is 0 Å². The molecular weight excluding hydrogens is 384 g/mol. The van der Waals surface area contributed by atoms with E-state index in [0.717, 1.165) is 47.5 Å². The molecule has 0 radical (unpaired) electrons. The number of aryl methyl sites for hydroxylation is 1.